The van der Waals surface area contributed by atoms with Gasteiger partial charge >= 0.3 is 0 Å². The summed E-state index contributed by atoms with van der Waals surface area (Å²) in [5.41, 5.74) is 1.26. The molecule has 2 atom stereocenters. The Bertz CT molecular complexity index is 326. The minimum Gasteiger partial charge on any atom is -0.370 e. The van der Waals surface area contributed by atoms with E-state index in [0.29, 0.717) is 12.2 Å². The lowest BCUT2D eigenvalue weighted by molar-refractivity contribution is -0.0237. The molecule has 1 aromatic rings. The van der Waals surface area contributed by atoms with Crippen LogP contribution in [0.2, 0.25) is 0 Å². The van der Waals surface area contributed by atoms with Crippen LogP contribution in [0.1, 0.15) is 37.4 Å². The van der Waals surface area contributed by atoms with Gasteiger partial charge in [-0.15, -0.1) is 0 Å². The van der Waals surface area contributed by atoms with Crippen molar-refractivity contribution in [2.75, 3.05) is 6.61 Å². The molecule has 1 saturated heterocycles. The molecule has 0 aromatic heterocycles. The molecule has 2 nitrogen and oxygen atoms in total. The van der Waals surface area contributed by atoms with Gasteiger partial charge in [-0.05, 0) is 18.4 Å². The number of hydrogen-bond acceptors (Lipinski definition) is 2. The Morgan fingerprint density at radius 3 is 2.44 bits per heavy atom. The molecule has 0 bridgehead atoms. The summed E-state index contributed by atoms with van der Waals surface area (Å²) in [6.07, 6.45) is 5.98. The first kappa shape index (κ1) is 10.3. The van der Waals surface area contributed by atoms with E-state index in [2.05, 4.69) is 24.3 Å². The van der Waals surface area contributed by atoms with Crippen LogP contribution >= 0.6 is 0 Å². The zero-order valence-electron chi connectivity index (χ0n) is 9.47. The SMILES string of the molecule is c1ccc(C(OC2CCCC2)C2CO2)cc1. The van der Waals surface area contributed by atoms with Crippen molar-refractivity contribution < 1.29 is 9.47 Å². The molecule has 3 rings (SSSR count). The van der Waals surface area contributed by atoms with E-state index in [-0.39, 0.29) is 6.10 Å². The van der Waals surface area contributed by atoms with Gasteiger partial charge in [-0.3, -0.25) is 0 Å². The van der Waals surface area contributed by atoms with Crippen LogP contribution < -0.4 is 0 Å². The van der Waals surface area contributed by atoms with Crippen LogP contribution in [0.3, 0.4) is 0 Å². The van der Waals surface area contributed by atoms with E-state index < -0.39 is 0 Å². The molecule has 1 aromatic carbocycles. The highest BCUT2D eigenvalue weighted by Crippen LogP contribution is 2.35. The van der Waals surface area contributed by atoms with Gasteiger partial charge in [-0.2, -0.15) is 0 Å². The summed E-state index contributed by atoms with van der Waals surface area (Å²) < 4.78 is 11.6. The molecule has 16 heavy (non-hydrogen) atoms. The van der Waals surface area contributed by atoms with Gasteiger partial charge in [0.1, 0.15) is 12.2 Å². The minimum atomic E-state index is 0.157. The molecule has 1 aliphatic carbocycles. The van der Waals surface area contributed by atoms with Crippen molar-refractivity contribution in [3.63, 3.8) is 0 Å². The third kappa shape index (κ3) is 2.28. The van der Waals surface area contributed by atoms with E-state index in [0.717, 1.165) is 6.61 Å². The number of rotatable bonds is 4. The van der Waals surface area contributed by atoms with E-state index in [1.54, 1.807) is 0 Å². The standard InChI is InChI=1S/C14H18O2/c1-2-6-11(7-3-1)14(13-10-15-13)16-12-8-4-5-9-12/h1-3,6-7,12-14H,4-5,8-10H2. The normalized spacial score (nSPS) is 26.9. The molecule has 2 heteroatoms. The van der Waals surface area contributed by atoms with Crippen LogP contribution in [0, 0.1) is 0 Å². The Balaban J connectivity index is 1.71. The first-order valence-corrected chi connectivity index (χ1v) is 6.25. The van der Waals surface area contributed by atoms with E-state index in [9.17, 15) is 0 Å². The Morgan fingerprint density at radius 2 is 1.81 bits per heavy atom. The van der Waals surface area contributed by atoms with Gasteiger partial charge in [0.25, 0.3) is 0 Å². The number of hydrogen-bond donors (Lipinski definition) is 0. The molecule has 0 radical (unpaired) electrons. The van der Waals surface area contributed by atoms with Gasteiger partial charge in [0.2, 0.25) is 0 Å². The van der Waals surface area contributed by atoms with E-state index in [4.69, 9.17) is 9.47 Å². The molecule has 2 fully saturated rings. The second kappa shape index (κ2) is 4.56. The minimum absolute atomic E-state index is 0.157. The topological polar surface area (TPSA) is 21.8 Å². The highest BCUT2D eigenvalue weighted by atomic mass is 16.6. The second-order valence-electron chi connectivity index (χ2n) is 4.75. The predicted octanol–water partition coefficient (Wildman–Crippen LogP) is 3.09. The van der Waals surface area contributed by atoms with Crippen LogP contribution in [0.5, 0.6) is 0 Å². The van der Waals surface area contributed by atoms with Crippen molar-refractivity contribution in [3.8, 4) is 0 Å². The van der Waals surface area contributed by atoms with Gasteiger partial charge < -0.3 is 9.47 Å². The average Bonchev–Trinajstić information content (AvgIpc) is 3.05. The van der Waals surface area contributed by atoms with Crippen LogP contribution in [0.15, 0.2) is 30.3 Å². The fourth-order valence-electron chi connectivity index (χ4n) is 2.49. The lowest BCUT2D eigenvalue weighted by Gasteiger charge is -2.20. The fourth-order valence-corrected chi connectivity index (χ4v) is 2.49. The van der Waals surface area contributed by atoms with Gasteiger partial charge in [0.15, 0.2) is 0 Å². The molecular formula is C14H18O2. The number of benzene rings is 1. The first-order valence-electron chi connectivity index (χ1n) is 6.25. The maximum absolute atomic E-state index is 6.20. The van der Waals surface area contributed by atoms with Crippen molar-refractivity contribution in [1.82, 2.24) is 0 Å². The van der Waals surface area contributed by atoms with Crippen LogP contribution in [0.25, 0.3) is 0 Å². The van der Waals surface area contributed by atoms with E-state index >= 15 is 0 Å². The summed E-state index contributed by atoms with van der Waals surface area (Å²) in [7, 11) is 0. The Labute approximate surface area is 96.6 Å². The Morgan fingerprint density at radius 1 is 1.12 bits per heavy atom. The van der Waals surface area contributed by atoms with Crippen LogP contribution in [-0.2, 0) is 9.47 Å². The largest absolute Gasteiger partial charge is 0.370 e. The van der Waals surface area contributed by atoms with Gasteiger partial charge in [-0.1, -0.05) is 43.2 Å². The zero-order chi connectivity index (χ0) is 10.8. The van der Waals surface area contributed by atoms with Gasteiger partial charge in [0, 0.05) is 0 Å². The molecule has 2 unspecified atom stereocenters. The Hall–Kier alpha value is -0.860. The van der Waals surface area contributed by atoms with Crippen molar-refractivity contribution in [3.05, 3.63) is 35.9 Å². The van der Waals surface area contributed by atoms with Crippen molar-refractivity contribution in [2.45, 2.75) is 44.0 Å². The zero-order valence-corrected chi connectivity index (χ0v) is 9.47. The highest BCUT2D eigenvalue weighted by molar-refractivity contribution is 5.20. The highest BCUT2D eigenvalue weighted by Gasteiger charge is 2.36. The molecule has 0 spiro atoms. The van der Waals surface area contributed by atoms with Gasteiger partial charge in [0.05, 0.1) is 12.7 Å². The maximum atomic E-state index is 6.20. The lowest BCUT2D eigenvalue weighted by Crippen LogP contribution is -2.17. The summed E-state index contributed by atoms with van der Waals surface area (Å²) in [4.78, 5) is 0. The van der Waals surface area contributed by atoms with Crippen LogP contribution in [0.4, 0.5) is 0 Å². The number of ether oxygens (including phenoxy) is 2. The summed E-state index contributed by atoms with van der Waals surface area (Å²) in [6.45, 7) is 0.853. The van der Waals surface area contributed by atoms with Crippen molar-refractivity contribution in [1.29, 1.82) is 0 Å². The summed E-state index contributed by atoms with van der Waals surface area (Å²) in [5.74, 6) is 0. The summed E-state index contributed by atoms with van der Waals surface area (Å²) in [6, 6.07) is 10.5. The van der Waals surface area contributed by atoms with E-state index in [1.807, 2.05) is 6.07 Å². The molecule has 1 aliphatic heterocycles. The molecule has 0 amide bonds. The average molecular weight is 218 g/mol. The lowest BCUT2D eigenvalue weighted by atomic mass is 10.1. The Kier molecular flexibility index (Phi) is 2.94. The van der Waals surface area contributed by atoms with Crippen molar-refractivity contribution in [2.24, 2.45) is 0 Å². The quantitative estimate of drug-likeness (QED) is 0.724. The monoisotopic (exact) mass is 218 g/mol. The fraction of sp³-hybridized carbons (Fsp3) is 0.571. The molecule has 86 valence electrons. The number of epoxide rings is 1. The second-order valence-corrected chi connectivity index (χ2v) is 4.75. The summed E-state index contributed by atoms with van der Waals surface area (Å²) >= 11 is 0. The molecular weight excluding hydrogens is 200 g/mol. The summed E-state index contributed by atoms with van der Waals surface area (Å²) in [5, 5.41) is 0. The smallest absolute Gasteiger partial charge is 0.111 e. The first-order chi connectivity index (χ1) is 7.93. The molecule has 2 aliphatic rings. The van der Waals surface area contributed by atoms with Crippen molar-refractivity contribution >= 4 is 0 Å². The third-order valence-electron chi connectivity index (χ3n) is 3.47. The van der Waals surface area contributed by atoms with Gasteiger partial charge in [-0.25, -0.2) is 0 Å². The predicted molar refractivity (Wildman–Crippen MR) is 62.3 cm³/mol. The molecule has 1 saturated carbocycles. The molecule has 1 heterocycles. The maximum Gasteiger partial charge on any atom is 0.111 e. The third-order valence-corrected chi connectivity index (χ3v) is 3.47. The van der Waals surface area contributed by atoms with Crippen LogP contribution in [-0.4, -0.2) is 18.8 Å². The van der Waals surface area contributed by atoms with E-state index in [1.165, 1.54) is 31.2 Å². The molecule has 0 N–H and O–H groups in total.